The Morgan fingerprint density at radius 3 is 3.00 bits per heavy atom. The Bertz CT molecular complexity index is 701. The van der Waals surface area contributed by atoms with Crippen LogP contribution < -0.4 is 4.90 Å². The molecule has 0 saturated heterocycles. The molecule has 2 N–H and O–H groups in total. The summed E-state index contributed by atoms with van der Waals surface area (Å²) >= 11 is 0. The average molecular weight is 299 g/mol. The van der Waals surface area contributed by atoms with Crippen LogP contribution >= 0.6 is 0 Å². The van der Waals surface area contributed by atoms with Gasteiger partial charge in [-0.05, 0) is 31.6 Å². The largest absolute Gasteiger partial charge is 0.396 e. The number of nitrogens with one attached hydrogen (secondary N) is 1. The number of fused-ring (bicyclic) bond motifs is 1. The van der Waals surface area contributed by atoms with Gasteiger partial charge in [0.25, 0.3) is 0 Å². The first kappa shape index (κ1) is 15.9. The molecule has 0 bridgehead atoms. The summed E-state index contributed by atoms with van der Waals surface area (Å²) < 4.78 is 0. The Morgan fingerprint density at radius 2 is 2.32 bits per heavy atom. The van der Waals surface area contributed by atoms with Crippen LogP contribution in [0.5, 0.6) is 0 Å². The highest BCUT2D eigenvalue weighted by molar-refractivity contribution is 6.13. The van der Waals surface area contributed by atoms with Gasteiger partial charge in [-0.1, -0.05) is 12.6 Å². The monoisotopic (exact) mass is 299 g/mol. The van der Waals surface area contributed by atoms with Gasteiger partial charge in [-0.15, -0.1) is 0 Å². The number of rotatable bonds is 5. The number of aliphatic imine (C=N–C) groups is 2. The van der Waals surface area contributed by atoms with Crippen LogP contribution in [0.25, 0.3) is 10.9 Å². The maximum Gasteiger partial charge on any atom is 0.134 e. The van der Waals surface area contributed by atoms with Crippen molar-refractivity contribution < 1.29 is 5.11 Å². The van der Waals surface area contributed by atoms with E-state index < -0.39 is 0 Å². The summed E-state index contributed by atoms with van der Waals surface area (Å²) in [5.41, 5.74) is 1.93. The van der Waals surface area contributed by atoms with Crippen molar-refractivity contribution in [1.29, 1.82) is 0 Å². The molecular formula is C16H21N5O. The lowest BCUT2D eigenvalue weighted by Crippen LogP contribution is -2.31. The third-order valence-electron chi connectivity index (χ3n) is 3.35. The number of hydrogen-bond donors (Lipinski definition) is 2. The number of amidine groups is 2. The molecule has 2 aromatic rings. The van der Waals surface area contributed by atoms with E-state index in [0.29, 0.717) is 24.6 Å². The lowest BCUT2D eigenvalue weighted by Gasteiger charge is -2.25. The first-order valence-electron chi connectivity index (χ1n) is 7.16. The van der Waals surface area contributed by atoms with Gasteiger partial charge in [0, 0.05) is 25.6 Å². The Hall–Kier alpha value is -2.47. The van der Waals surface area contributed by atoms with Crippen LogP contribution in [0.3, 0.4) is 0 Å². The second-order valence-corrected chi connectivity index (χ2v) is 4.78. The summed E-state index contributed by atoms with van der Waals surface area (Å²) in [4.78, 5) is 10.6. The van der Waals surface area contributed by atoms with Crippen molar-refractivity contribution in [3.8, 4) is 0 Å². The molecule has 2 rings (SSSR count). The molecule has 0 radical (unpaired) electrons. The zero-order valence-electron chi connectivity index (χ0n) is 13.0. The van der Waals surface area contributed by atoms with Crippen molar-refractivity contribution in [1.82, 2.24) is 10.2 Å². The number of aliphatic hydroxyl groups is 1. The number of aromatic nitrogens is 2. The predicted molar refractivity (Wildman–Crippen MR) is 91.8 cm³/mol. The van der Waals surface area contributed by atoms with E-state index in [9.17, 15) is 5.11 Å². The molecule has 1 heterocycles. The van der Waals surface area contributed by atoms with Crippen molar-refractivity contribution in [2.45, 2.75) is 13.3 Å². The van der Waals surface area contributed by atoms with E-state index >= 15 is 0 Å². The molecule has 116 valence electrons. The van der Waals surface area contributed by atoms with Crippen LogP contribution in [0.1, 0.15) is 13.3 Å². The zero-order valence-corrected chi connectivity index (χ0v) is 13.0. The molecule has 0 spiro atoms. The maximum atomic E-state index is 9.18. The van der Waals surface area contributed by atoms with Gasteiger partial charge in [-0.2, -0.15) is 5.10 Å². The van der Waals surface area contributed by atoms with E-state index in [0.717, 1.165) is 16.6 Å². The van der Waals surface area contributed by atoms with E-state index in [2.05, 4.69) is 26.8 Å². The molecule has 22 heavy (non-hydrogen) atoms. The first-order valence-corrected chi connectivity index (χ1v) is 7.16. The third-order valence-corrected chi connectivity index (χ3v) is 3.35. The summed E-state index contributed by atoms with van der Waals surface area (Å²) in [6, 6.07) is 5.94. The number of aliphatic hydroxyl groups excluding tert-OH is 1. The van der Waals surface area contributed by atoms with Crippen molar-refractivity contribution in [2.75, 3.05) is 25.1 Å². The minimum absolute atomic E-state index is 0.114. The van der Waals surface area contributed by atoms with Crippen molar-refractivity contribution in [2.24, 2.45) is 9.98 Å². The number of hydrogen-bond acceptors (Lipinski definition) is 3. The second-order valence-electron chi connectivity index (χ2n) is 4.78. The third kappa shape index (κ3) is 3.40. The normalized spacial score (nSPS) is 12.7. The van der Waals surface area contributed by atoms with Gasteiger partial charge in [-0.3, -0.25) is 10.1 Å². The lowest BCUT2D eigenvalue weighted by atomic mass is 10.2. The molecule has 6 nitrogen and oxygen atoms in total. The molecule has 0 unspecified atom stereocenters. The Balaban J connectivity index is 2.51. The SMILES string of the molecule is C=CC(=NC(C)=NC)N(CCCO)c1cccc2[nH]ncc12. The molecule has 0 aliphatic rings. The summed E-state index contributed by atoms with van der Waals surface area (Å²) in [5.74, 6) is 1.37. The molecule has 0 aliphatic carbocycles. The summed E-state index contributed by atoms with van der Waals surface area (Å²) in [5, 5.41) is 17.2. The molecular weight excluding hydrogens is 278 g/mol. The highest BCUT2D eigenvalue weighted by atomic mass is 16.3. The Kier molecular flexibility index (Phi) is 5.43. The molecule has 0 atom stereocenters. The number of H-pyrrole nitrogens is 1. The minimum Gasteiger partial charge on any atom is -0.396 e. The number of benzene rings is 1. The van der Waals surface area contributed by atoms with Crippen LogP contribution in [0.4, 0.5) is 5.69 Å². The maximum absolute atomic E-state index is 9.18. The molecule has 0 fully saturated rings. The minimum atomic E-state index is 0.114. The second kappa shape index (κ2) is 7.51. The van der Waals surface area contributed by atoms with Crippen molar-refractivity contribution >= 4 is 28.3 Å². The van der Waals surface area contributed by atoms with E-state index in [4.69, 9.17) is 0 Å². The lowest BCUT2D eigenvalue weighted by molar-refractivity contribution is 0.291. The van der Waals surface area contributed by atoms with E-state index in [1.165, 1.54) is 0 Å². The number of aromatic amines is 1. The van der Waals surface area contributed by atoms with Crippen LogP contribution in [0.15, 0.2) is 47.0 Å². The zero-order chi connectivity index (χ0) is 15.9. The summed E-state index contributed by atoms with van der Waals surface area (Å²) in [7, 11) is 1.70. The molecule has 0 aliphatic heterocycles. The van der Waals surface area contributed by atoms with Crippen LogP contribution in [-0.2, 0) is 0 Å². The predicted octanol–water partition coefficient (Wildman–Crippen LogP) is 2.38. The standard InChI is InChI=1S/C16H21N5O/c1-4-16(19-12(2)17-3)21(9-6-10-22)15-8-5-7-14-13(15)11-18-20-14/h4-5,7-8,11,22H,1,6,9-10H2,2-3H3,(H,18,20). The quantitative estimate of drug-likeness (QED) is 0.657. The van der Waals surface area contributed by atoms with Crippen LogP contribution in [-0.4, -0.2) is 47.2 Å². The molecule has 1 aromatic carbocycles. The van der Waals surface area contributed by atoms with Gasteiger partial charge in [-0.25, -0.2) is 4.99 Å². The van der Waals surface area contributed by atoms with Gasteiger partial charge < -0.3 is 10.0 Å². The molecule has 0 amide bonds. The van der Waals surface area contributed by atoms with Gasteiger partial charge in [0.05, 0.1) is 17.4 Å². The fourth-order valence-corrected chi connectivity index (χ4v) is 2.21. The van der Waals surface area contributed by atoms with E-state index in [1.54, 1.807) is 19.3 Å². The fraction of sp³-hybridized carbons (Fsp3) is 0.312. The van der Waals surface area contributed by atoms with Gasteiger partial charge in [0.1, 0.15) is 11.7 Å². The summed E-state index contributed by atoms with van der Waals surface area (Å²) in [6.45, 7) is 6.44. The van der Waals surface area contributed by atoms with Crippen molar-refractivity contribution in [3.05, 3.63) is 37.1 Å². The first-order chi connectivity index (χ1) is 10.7. The van der Waals surface area contributed by atoms with E-state index in [1.807, 2.05) is 30.0 Å². The summed E-state index contributed by atoms with van der Waals surface area (Å²) in [6.07, 6.45) is 4.12. The molecule has 1 aromatic heterocycles. The topological polar surface area (TPSA) is 76.9 Å². The van der Waals surface area contributed by atoms with Gasteiger partial charge >= 0.3 is 0 Å². The van der Waals surface area contributed by atoms with Gasteiger partial charge in [0.2, 0.25) is 0 Å². The Morgan fingerprint density at radius 1 is 1.50 bits per heavy atom. The molecule has 6 heteroatoms. The van der Waals surface area contributed by atoms with Crippen molar-refractivity contribution in [3.63, 3.8) is 0 Å². The highest BCUT2D eigenvalue weighted by Gasteiger charge is 2.15. The average Bonchev–Trinajstić information content (AvgIpc) is 3.02. The number of nitrogens with zero attached hydrogens (tertiary/aromatic N) is 4. The van der Waals surface area contributed by atoms with E-state index in [-0.39, 0.29) is 6.61 Å². The fourth-order valence-electron chi connectivity index (χ4n) is 2.21. The van der Waals surface area contributed by atoms with Crippen LogP contribution in [0.2, 0.25) is 0 Å². The Labute approximate surface area is 129 Å². The van der Waals surface area contributed by atoms with Gasteiger partial charge in [0.15, 0.2) is 0 Å². The highest BCUT2D eigenvalue weighted by Crippen LogP contribution is 2.26. The smallest absolute Gasteiger partial charge is 0.134 e. The van der Waals surface area contributed by atoms with Crippen LogP contribution in [0, 0.1) is 0 Å². The molecule has 0 saturated carbocycles. The number of anilines is 1.